The molecule has 0 saturated carbocycles. The molecule has 0 radical (unpaired) electrons. The second kappa shape index (κ2) is 8.04. The maximum absolute atomic E-state index is 12.2. The number of para-hydroxylation sites is 1. The van der Waals surface area contributed by atoms with Crippen LogP contribution in [0.15, 0.2) is 42.5 Å². The summed E-state index contributed by atoms with van der Waals surface area (Å²) < 4.78 is 10.2. The molecule has 0 bridgehead atoms. The molecule has 0 aliphatic carbocycles. The van der Waals surface area contributed by atoms with Crippen LogP contribution in [0.4, 0.5) is 5.69 Å². The van der Waals surface area contributed by atoms with Crippen LogP contribution in [0.3, 0.4) is 0 Å². The van der Waals surface area contributed by atoms with Crippen molar-refractivity contribution in [1.82, 2.24) is 0 Å². The van der Waals surface area contributed by atoms with Gasteiger partial charge in [-0.1, -0.05) is 35.3 Å². The van der Waals surface area contributed by atoms with Crippen molar-refractivity contribution >= 4 is 40.8 Å². The van der Waals surface area contributed by atoms with E-state index in [0.717, 1.165) is 0 Å². The SMILES string of the molecule is COC(=O)c1cc(NC(=O)[C@@H](C)Oc2ccccc2Cl)ccc1Cl. The number of carbonyl (C=O) groups excluding carboxylic acids is 2. The quantitative estimate of drug-likeness (QED) is 0.804. The predicted octanol–water partition coefficient (Wildman–Crippen LogP) is 4.19. The number of methoxy groups -OCH3 is 1. The van der Waals surface area contributed by atoms with E-state index in [4.69, 9.17) is 27.9 Å². The van der Waals surface area contributed by atoms with Gasteiger partial charge in [0.1, 0.15) is 5.75 Å². The Morgan fingerprint density at radius 1 is 1.08 bits per heavy atom. The first-order chi connectivity index (χ1) is 11.4. The van der Waals surface area contributed by atoms with Crippen molar-refractivity contribution in [3.05, 3.63) is 58.1 Å². The van der Waals surface area contributed by atoms with Crippen LogP contribution < -0.4 is 10.1 Å². The lowest BCUT2D eigenvalue weighted by molar-refractivity contribution is -0.122. The maximum atomic E-state index is 12.2. The summed E-state index contributed by atoms with van der Waals surface area (Å²) in [4.78, 5) is 23.9. The van der Waals surface area contributed by atoms with Crippen LogP contribution in [-0.4, -0.2) is 25.1 Å². The number of benzene rings is 2. The van der Waals surface area contributed by atoms with E-state index in [1.165, 1.54) is 19.2 Å². The van der Waals surface area contributed by atoms with Gasteiger partial charge in [0.2, 0.25) is 0 Å². The molecule has 1 N–H and O–H groups in total. The van der Waals surface area contributed by atoms with E-state index in [-0.39, 0.29) is 10.6 Å². The highest BCUT2D eigenvalue weighted by Crippen LogP contribution is 2.25. The van der Waals surface area contributed by atoms with Crippen LogP contribution in [0.25, 0.3) is 0 Å². The first kappa shape index (κ1) is 18.1. The number of halogens is 2. The summed E-state index contributed by atoms with van der Waals surface area (Å²) in [6, 6.07) is 11.4. The predicted molar refractivity (Wildman–Crippen MR) is 93.0 cm³/mol. The van der Waals surface area contributed by atoms with Crippen LogP contribution in [0.1, 0.15) is 17.3 Å². The van der Waals surface area contributed by atoms with Crippen LogP contribution >= 0.6 is 23.2 Å². The average Bonchev–Trinajstić information content (AvgIpc) is 2.57. The van der Waals surface area contributed by atoms with E-state index in [1.807, 2.05) is 0 Å². The standard InChI is InChI=1S/C17H15Cl2NO4/c1-10(24-15-6-4-3-5-14(15)19)16(21)20-11-7-8-13(18)12(9-11)17(22)23-2/h3-10H,1-2H3,(H,20,21)/t10-/m1/s1. The average molecular weight is 368 g/mol. The fourth-order valence-corrected chi connectivity index (χ4v) is 2.27. The highest BCUT2D eigenvalue weighted by molar-refractivity contribution is 6.33. The molecular formula is C17H15Cl2NO4. The molecule has 1 atom stereocenters. The van der Waals surface area contributed by atoms with E-state index >= 15 is 0 Å². The highest BCUT2D eigenvalue weighted by Gasteiger charge is 2.18. The number of amides is 1. The first-order valence-electron chi connectivity index (χ1n) is 7.02. The Morgan fingerprint density at radius 3 is 2.46 bits per heavy atom. The zero-order valence-corrected chi connectivity index (χ0v) is 14.5. The van der Waals surface area contributed by atoms with Gasteiger partial charge in [0.05, 0.1) is 22.7 Å². The number of ether oxygens (including phenoxy) is 2. The molecule has 126 valence electrons. The van der Waals surface area contributed by atoms with E-state index in [1.54, 1.807) is 37.3 Å². The van der Waals surface area contributed by atoms with Gasteiger partial charge in [0.15, 0.2) is 6.10 Å². The fraction of sp³-hybridized carbons (Fsp3) is 0.176. The van der Waals surface area contributed by atoms with Crippen molar-refractivity contribution in [2.75, 3.05) is 12.4 Å². The topological polar surface area (TPSA) is 64.6 Å². The van der Waals surface area contributed by atoms with E-state index in [0.29, 0.717) is 16.5 Å². The largest absolute Gasteiger partial charge is 0.479 e. The number of carbonyl (C=O) groups is 2. The third-order valence-electron chi connectivity index (χ3n) is 3.15. The second-order valence-corrected chi connectivity index (χ2v) is 5.68. The molecule has 0 aromatic heterocycles. The normalized spacial score (nSPS) is 11.5. The summed E-state index contributed by atoms with van der Waals surface area (Å²) in [6.07, 6.45) is -0.790. The summed E-state index contributed by atoms with van der Waals surface area (Å²) >= 11 is 11.9. The summed E-state index contributed by atoms with van der Waals surface area (Å²) in [6.45, 7) is 1.59. The summed E-state index contributed by atoms with van der Waals surface area (Å²) in [5.74, 6) is -0.572. The summed E-state index contributed by atoms with van der Waals surface area (Å²) in [7, 11) is 1.25. The number of esters is 1. The van der Waals surface area contributed by atoms with Crippen LogP contribution in [0, 0.1) is 0 Å². The van der Waals surface area contributed by atoms with Gasteiger partial charge in [-0.2, -0.15) is 0 Å². The van der Waals surface area contributed by atoms with Gasteiger partial charge in [0.25, 0.3) is 5.91 Å². The fourth-order valence-electron chi connectivity index (χ4n) is 1.90. The number of rotatable bonds is 5. The van der Waals surface area contributed by atoms with E-state index < -0.39 is 18.0 Å². The van der Waals surface area contributed by atoms with Gasteiger partial charge in [-0.15, -0.1) is 0 Å². The Labute approximate surface area is 149 Å². The lowest BCUT2D eigenvalue weighted by Gasteiger charge is -2.16. The lowest BCUT2D eigenvalue weighted by Crippen LogP contribution is -2.30. The number of hydrogen-bond donors (Lipinski definition) is 1. The first-order valence-corrected chi connectivity index (χ1v) is 7.78. The van der Waals surface area contributed by atoms with Crippen LogP contribution in [0.2, 0.25) is 10.0 Å². The van der Waals surface area contributed by atoms with Gasteiger partial charge >= 0.3 is 5.97 Å². The lowest BCUT2D eigenvalue weighted by atomic mass is 10.2. The smallest absolute Gasteiger partial charge is 0.339 e. The van der Waals surface area contributed by atoms with Gasteiger partial charge in [-0.05, 0) is 37.3 Å². The van der Waals surface area contributed by atoms with Crippen molar-refractivity contribution < 1.29 is 19.1 Å². The number of hydrogen-bond acceptors (Lipinski definition) is 4. The molecular weight excluding hydrogens is 353 g/mol. The molecule has 0 fully saturated rings. The molecule has 2 rings (SSSR count). The van der Waals surface area contributed by atoms with Crippen molar-refractivity contribution in [2.24, 2.45) is 0 Å². The molecule has 2 aromatic rings. The Morgan fingerprint density at radius 2 is 1.79 bits per heavy atom. The minimum Gasteiger partial charge on any atom is -0.479 e. The monoisotopic (exact) mass is 367 g/mol. The molecule has 0 saturated heterocycles. The second-order valence-electron chi connectivity index (χ2n) is 4.87. The molecule has 5 nitrogen and oxygen atoms in total. The van der Waals surface area contributed by atoms with Gasteiger partial charge in [0, 0.05) is 5.69 Å². The minimum absolute atomic E-state index is 0.164. The molecule has 24 heavy (non-hydrogen) atoms. The zero-order valence-electron chi connectivity index (χ0n) is 13.0. The third kappa shape index (κ3) is 4.40. The molecule has 1 amide bonds. The van der Waals surface area contributed by atoms with E-state index in [2.05, 4.69) is 10.1 Å². The molecule has 0 spiro atoms. The molecule has 0 aliphatic rings. The van der Waals surface area contributed by atoms with Crippen molar-refractivity contribution in [2.45, 2.75) is 13.0 Å². The van der Waals surface area contributed by atoms with Crippen LogP contribution in [0.5, 0.6) is 5.75 Å². The zero-order chi connectivity index (χ0) is 17.7. The maximum Gasteiger partial charge on any atom is 0.339 e. The molecule has 0 aliphatic heterocycles. The Kier molecular flexibility index (Phi) is 6.06. The Balaban J connectivity index is 2.09. The van der Waals surface area contributed by atoms with Crippen molar-refractivity contribution in [3.8, 4) is 5.75 Å². The van der Waals surface area contributed by atoms with Crippen molar-refractivity contribution in [3.63, 3.8) is 0 Å². The Bertz CT molecular complexity index is 764. The molecule has 0 unspecified atom stereocenters. The van der Waals surface area contributed by atoms with Gasteiger partial charge < -0.3 is 14.8 Å². The Hall–Kier alpha value is -2.24. The molecule has 0 heterocycles. The summed E-state index contributed by atoms with van der Waals surface area (Å²) in [5.41, 5.74) is 0.566. The van der Waals surface area contributed by atoms with Gasteiger partial charge in [-0.3, -0.25) is 4.79 Å². The minimum atomic E-state index is -0.790. The highest BCUT2D eigenvalue weighted by atomic mass is 35.5. The third-order valence-corrected chi connectivity index (χ3v) is 3.79. The number of nitrogens with one attached hydrogen (secondary N) is 1. The molecule has 2 aromatic carbocycles. The summed E-state index contributed by atoms with van der Waals surface area (Å²) in [5, 5.41) is 3.30. The number of anilines is 1. The van der Waals surface area contributed by atoms with Crippen LogP contribution in [-0.2, 0) is 9.53 Å². The van der Waals surface area contributed by atoms with E-state index in [9.17, 15) is 9.59 Å². The van der Waals surface area contributed by atoms with Crippen molar-refractivity contribution in [1.29, 1.82) is 0 Å². The molecule has 7 heteroatoms. The van der Waals surface area contributed by atoms with Gasteiger partial charge in [-0.25, -0.2) is 4.79 Å².